The number of hydrogen-bond acceptors (Lipinski definition) is 5. The van der Waals surface area contributed by atoms with E-state index in [4.69, 9.17) is 4.74 Å². The van der Waals surface area contributed by atoms with E-state index in [0.717, 1.165) is 23.1 Å². The molecule has 0 saturated carbocycles. The van der Waals surface area contributed by atoms with Crippen molar-refractivity contribution in [3.8, 4) is 11.5 Å². The van der Waals surface area contributed by atoms with E-state index in [-0.39, 0.29) is 11.5 Å². The molecule has 1 unspecified atom stereocenters. The Hall–Kier alpha value is -4.03. The maximum atomic E-state index is 12.5. The number of benzene rings is 4. The SMILES string of the molecule is O=C(c1ccccc1)c1ccc(OCCc2ccc(CC(SCCc3ccc(O)cc3)C(=O)O)cc2)cc1. The molecule has 4 rings (SSSR count). The van der Waals surface area contributed by atoms with Crippen LogP contribution in [-0.2, 0) is 24.1 Å². The summed E-state index contributed by atoms with van der Waals surface area (Å²) in [7, 11) is 0. The van der Waals surface area contributed by atoms with Crippen LogP contribution in [0.15, 0.2) is 103 Å². The van der Waals surface area contributed by atoms with Crippen LogP contribution >= 0.6 is 11.8 Å². The van der Waals surface area contributed by atoms with Crippen molar-refractivity contribution in [3.05, 3.63) is 131 Å². The number of phenols is 1. The standard InChI is InChI=1S/C32H30O5S/c33-28-14-10-24(11-15-28)19-21-38-30(32(35)36)22-25-8-6-23(7-9-25)18-20-37-29-16-12-27(13-17-29)31(34)26-4-2-1-3-5-26/h1-17,30,33H,18-22H2,(H,35,36). The summed E-state index contributed by atoms with van der Waals surface area (Å²) in [4.78, 5) is 24.3. The summed E-state index contributed by atoms with van der Waals surface area (Å²) in [5.74, 6) is 0.803. The summed E-state index contributed by atoms with van der Waals surface area (Å²) in [5, 5.41) is 18.5. The van der Waals surface area contributed by atoms with Gasteiger partial charge in [-0.15, -0.1) is 11.8 Å². The van der Waals surface area contributed by atoms with Crippen LogP contribution < -0.4 is 4.74 Å². The molecule has 0 saturated heterocycles. The van der Waals surface area contributed by atoms with Gasteiger partial charge in [0.05, 0.1) is 6.61 Å². The van der Waals surface area contributed by atoms with Crippen LogP contribution in [0.3, 0.4) is 0 Å². The molecular formula is C32H30O5S. The summed E-state index contributed by atoms with van der Waals surface area (Å²) in [6.45, 7) is 0.496. The van der Waals surface area contributed by atoms with E-state index in [0.29, 0.717) is 42.1 Å². The molecule has 0 aromatic heterocycles. The second-order valence-electron chi connectivity index (χ2n) is 8.95. The Balaban J connectivity index is 1.22. The maximum Gasteiger partial charge on any atom is 0.316 e. The zero-order chi connectivity index (χ0) is 26.7. The molecule has 6 heteroatoms. The lowest BCUT2D eigenvalue weighted by atomic mass is 10.0. The van der Waals surface area contributed by atoms with Crippen LogP contribution in [0.4, 0.5) is 0 Å². The average Bonchev–Trinajstić information content (AvgIpc) is 2.95. The molecule has 4 aromatic carbocycles. The molecule has 0 aliphatic heterocycles. The molecule has 0 amide bonds. The first-order valence-corrected chi connectivity index (χ1v) is 13.6. The Labute approximate surface area is 227 Å². The molecule has 0 bridgehead atoms. The number of carbonyl (C=O) groups is 2. The van der Waals surface area contributed by atoms with Crippen LogP contribution in [-0.4, -0.2) is 39.6 Å². The lowest BCUT2D eigenvalue weighted by Gasteiger charge is -2.13. The number of aromatic hydroxyl groups is 1. The monoisotopic (exact) mass is 526 g/mol. The van der Waals surface area contributed by atoms with Crippen molar-refractivity contribution in [2.75, 3.05) is 12.4 Å². The third kappa shape index (κ3) is 7.98. The Morgan fingerprint density at radius 1 is 0.711 bits per heavy atom. The van der Waals surface area contributed by atoms with Crippen molar-refractivity contribution in [2.24, 2.45) is 0 Å². The highest BCUT2D eigenvalue weighted by atomic mass is 32.2. The largest absolute Gasteiger partial charge is 0.508 e. The Bertz CT molecular complexity index is 1320. The fourth-order valence-corrected chi connectivity index (χ4v) is 5.09. The van der Waals surface area contributed by atoms with Gasteiger partial charge >= 0.3 is 5.97 Å². The Kier molecular flexibility index (Phi) is 9.59. The maximum absolute atomic E-state index is 12.5. The van der Waals surface area contributed by atoms with Gasteiger partial charge in [-0.2, -0.15) is 0 Å². The predicted octanol–water partition coefficient (Wildman–Crippen LogP) is 6.22. The quantitative estimate of drug-likeness (QED) is 0.201. The highest BCUT2D eigenvalue weighted by Crippen LogP contribution is 2.21. The summed E-state index contributed by atoms with van der Waals surface area (Å²) < 4.78 is 5.86. The third-order valence-corrected chi connectivity index (χ3v) is 7.39. The van der Waals surface area contributed by atoms with Crippen LogP contribution in [0.5, 0.6) is 11.5 Å². The fourth-order valence-electron chi connectivity index (χ4n) is 4.00. The second-order valence-corrected chi connectivity index (χ2v) is 10.3. The molecule has 5 nitrogen and oxygen atoms in total. The highest BCUT2D eigenvalue weighted by Gasteiger charge is 2.18. The molecule has 1 atom stereocenters. The first-order valence-electron chi connectivity index (χ1n) is 12.5. The topological polar surface area (TPSA) is 83.8 Å². The van der Waals surface area contributed by atoms with Gasteiger partial charge < -0.3 is 14.9 Å². The lowest BCUT2D eigenvalue weighted by molar-refractivity contribution is -0.136. The van der Waals surface area contributed by atoms with Crippen LogP contribution in [0.25, 0.3) is 0 Å². The lowest BCUT2D eigenvalue weighted by Crippen LogP contribution is -2.20. The van der Waals surface area contributed by atoms with Gasteiger partial charge in [0.1, 0.15) is 16.7 Å². The molecule has 2 N–H and O–H groups in total. The Morgan fingerprint density at radius 2 is 1.29 bits per heavy atom. The van der Waals surface area contributed by atoms with E-state index in [2.05, 4.69) is 0 Å². The molecular weight excluding hydrogens is 496 g/mol. The van der Waals surface area contributed by atoms with E-state index in [9.17, 15) is 19.8 Å². The average molecular weight is 527 g/mol. The van der Waals surface area contributed by atoms with Crippen molar-refractivity contribution >= 4 is 23.5 Å². The minimum atomic E-state index is -0.810. The zero-order valence-electron chi connectivity index (χ0n) is 21.0. The number of carboxylic acid groups (broad SMARTS) is 1. The molecule has 0 spiro atoms. The number of aryl methyl sites for hydroxylation is 1. The predicted molar refractivity (Wildman–Crippen MR) is 151 cm³/mol. The number of phenolic OH excluding ortho intramolecular Hbond substituents is 1. The van der Waals surface area contributed by atoms with Crippen molar-refractivity contribution in [3.63, 3.8) is 0 Å². The molecule has 0 fully saturated rings. The number of ketones is 1. The number of carbonyl (C=O) groups excluding carboxylic acids is 1. The van der Waals surface area contributed by atoms with Gasteiger partial charge in [0.25, 0.3) is 0 Å². The minimum Gasteiger partial charge on any atom is -0.508 e. The van der Waals surface area contributed by atoms with Gasteiger partial charge in [0.15, 0.2) is 5.78 Å². The van der Waals surface area contributed by atoms with Crippen molar-refractivity contribution in [1.82, 2.24) is 0 Å². The normalized spacial score (nSPS) is 11.6. The van der Waals surface area contributed by atoms with Gasteiger partial charge in [-0.1, -0.05) is 66.7 Å². The van der Waals surface area contributed by atoms with Crippen LogP contribution in [0, 0.1) is 0 Å². The van der Waals surface area contributed by atoms with Crippen LogP contribution in [0.2, 0.25) is 0 Å². The van der Waals surface area contributed by atoms with Gasteiger partial charge in [0.2, 0.25) is 0 Å². The second kappa shape index (κ2) is 13.5. The van der Waals surface area contributed by atoms with E-state index < -0.39 is 11.2 Å². The highest BCUT2D eigenvalue weighted by molar-refractivity contribution is 8.00. The molecule has 38 heavy (non-hydrogen) atoms. The summed E-state index contributed by atoms with van der Waals surface area (Å²) in [6, 6.07) is 31.4. The van der Waals surface area contributed by atoms with Gasteiger partial charge in [-0.25, -0.2) is 0 Å². The summed E-state index contributed by atoms with van der Waals surface area (Å²) >= 11 is 1.44. The summed E-state index contributed by atoms with van der Waals surface area (Å²) in [5.41, 5.74) is 4.45. The molecule has 4 aromatic rings. The molecule has 0 aliphatic rings. The Morgan fingerprint density at radius 3 is 1.95 bits per heavy atom. The van der Waals surface area contributed by atoms with Crippen LogP contribution in [0.1, 0.15) is 32.6 Å². The number of ether oxygens (including phenoxy) is 1. The number of carboxylic acids is 1. The van der Waals surface area contributed by atoms with E-state index in [1.165, 1.54) is 11.8 Å². The number of rotatable bonds is 13. The first-order chi connectivity index (χ1) is 18.5. The van der Waals surface area contributed by atoms with Crippen molar-refractivity contribution in [2.45, 2.75) is 24.5 Å². The van der Waals surface area contributed by atoms with E-state index >= 15 is 0 Å². The van der Waals surface area contributed by atoms with Crippen molar-refractivity contribution < 1.29 is 24.5 Å². The smallest absolute Gasteiger partial charge is 0.316 e. The van der Waals surface area contributed by atoms with Crippen molar-refractivity contribution in [1.29, 1.82) is 0 Å². The number of hydrogen-bond donors (Lipinski definition) is 2. The van der Waals surface area contributed by atoms with Gasteiger partial charge in [-0.05, 0) is 71.7 Å². The third-order valence-electron chi connectivity index (χ3n) is 6.18. The van der Waals surface area contributed by atoms with Gasteiger partial charge in [0, 0.05) is 17.5 Å². The molecule has 0 radical (unpaired) electrons. The number of thioether (sulfide) groups is 1. The number of aliphatic carboxylic acids is 1. The van der Waals surface area contributed by atoms with E-state index in [1.807, 2.05) is 66.7 Å². The van der Waals surface area contributed by atoms with E-state index in [1.54, 1.807) is 36.4 Å². The fraction of sp³-hybridized carbons (Fsp3) is 0.188. The zero-order valence-corrected chi connectivity index (χ0v) is 21.8. The molecule has 194 valence electrons. The summed E-state index contributed by atoms with van der Waals surface area (Å²) in [6.07, 6.45) is 1.93. The minimum absolute atomic E-state index is 0.0156. The molecule has 0 aliphatic carbocycles. The van der Waals surface area contributed by atoms with Gasteiger partial charge in [-0.3, -0.25) is 9.59 Å². The first kappa shape index (κ1) is 27.0. The molecule has 0 heterocycles.